The van der Waals surface area contributed by atoms with Gasteiger partial charge >= 0.3 is 0 Å². The topological polar surface area (TPSA) is 46.2 Å². The fraction of sp³-hybridized carbons (Fsp3) is 1.00. The van der Waals surface area contributed by atoms with E-state index in [0.717, 1.165) is 0 Å². The fourth-order valence-electron chi connectivity index (χ4n) is 0. The second-order valence-corrected chi connectivity index (χ2v) is 2.72. The Hall–Kier alpha value is -0.0800. The van der Waals surface area contributed by atoms with Crippen LogP contribution in [0.15, 0.2) is 0 Å². The number of nitrogens with two attached hydrogens (primary N) is 1. The molecule has 0 aliphatic heterocycles. The molecule has 0 bridgehead atoms. The third-order valence-electron chi connectivity index (χ3n) is 0.500. The molecule has 0 radical (unpaired) electrons. The van der Waals surface area contributed by atoms with Crippen molar-refractivity contribution in [3.05, 3.63) is 0 Å². The Balaban J connectivity index is 0. The number of hydrogen-bond donors (Lipinski definition) is 2. The minimum Gasteiger partial charge on any atom is -0.389 e. The molecule has 0 saturated carbocycles. The molecule has 0 amide bonds. The van der Waals surface area contributed by atoms with Gasteiger partial charge in [-0.2, -0.15) is 0 Å². The van der Waals surface area contributed by atoms with Crippen LogP contribution < -0.4 is 5.73 Å². The zero-order valence-corrected chi connectivity index (χ0v) is 6.94. The van der Waals surface area contributed by atoms with Gasteiger partial charge in [-0.25, -0.2) is 0 Å². The van der Waals surface area contributed by atoms with Crippen molar-refractivity contribution in [3.63, 3.8) is 0 Å². The van der Waals surface area contributed by atoms with Crippen LogP contribution in [0.2, 0.25) is 0 Å². The fourth-order valence-corrected chi connectivity index (χ4v) is 0. The summed E-state index contributed by atoms with van der Waals surface area (Å²) >= 11 is 0. The summed E-state index contributed by atoms with van der Waals surface area (Å²) in [6.07, 6.45) is 1.25. The Morgan fingerprint density at radius 2 is 1.44 bits per heavy atom. The van der Waals surface area contributed by atoms with Gasteiger partial charge in [0.2, 0.25) is 0 Å². The Morgan fingerprint density at radius 1 is 1.33 bits per heavy atom. The monoisotopic (exact) mass is 133 g/mol. The molecule has 0 atom stereocenters. The van der Waals surface area contributed by atoms with Crippen molar-refractivity contribution in [3.8, 4) is 0 Å². The number of aliphatic hydroxyl groups is 1. The van der Waals surface area contributed by atoms with Crippen LogP contribution in [0.5, 0.6) is 0 Å². The highest BCUT2D eigenvalue weighted by molar-refractivity contribution is 4.63. The maximum Gasteiger partial charge on any atom is 0.0713 e. The molecule has 0 aromatic heterocycles. The van der Waals surface area contributed by atoms with Crippen LogP contribution in [-0.2, 0) is 0 Å². The molecular formula is C7H19NO. The second kappa shape index (κ2) is 6.05. The van der Waals surface area contributed by atoms with Gasteiger partial charge in [0.05, 0.1) is 5.60 Å². The summed E-state index contributed by atoms with van der Waals surface area (Å²) in [6.45, 7) is 7.92. The van der Waals surface area contributed by atoms with Gasteiger partial charge in [-0.3, -0.25) is 0 Å². The van der Waals surface area contributed by atoms with Gasteiger partial charge < -0.3 is 10.8 Å². The Bertz CT molecular complexity index is 47.4. The van der Waals surface area contributed by atoms with Crippen LogP contribution in [0.3, 0.4) is 0 Å². The summed E-state index contributed by atoms with van der Waals surface area (Å²) in [7, 11) is 0. The predicted molar refractivity (Wildman–Crippen MR) is 41.3 cm³/mol. The van der Waals surface area contributed by atoms with Crippen LogP contribution in [0, 0.1) is 0 Å². The molecule has 58 valence electrons. The number of rotatable bonds is 1. The summed E-state index contributed by atoms with van der Waals surface area (Å²) in [5.41, 5.74) is 4.38. The third-order valence-corrected chi connectivity index (χ3v) is 0.500. The summed E-state index contributed by atoms with van der Waals surface area (Å²) in [4.78, 5) is 0. The van der Waals surface area contributed by atoms with Crippen molar-refractivity contribution in [1.29, 1.82) is 0 Å². The highest BCUT2D eigenvalue weighted by Gasteiger charge is 2.06. The minimum atomic E-state index is -0.681. The Labute approximate surface area is 58.1 Å². The molecule has 0 aromatic carbocycles. The van der Waals surface area contributed by atoms with E-state index in [9.17, 15) is 0 Å². The summed E-state index contributed by atoms with van der Waals surface area (Å²) < 4.78 is 0. The van der Waals surface area contributed by atoms with Gasteiger partial charge in [0.15, 0.2) is 0 Å². The van der Waals surface area contributed by atoms with E-state index in [1.54, 1.807) is 13.8 Å². The molecule has 0 saturated heterocycles. The van der Waals surface area contributed by atoms with Crippen molar-refractivity contribution in [2.75, 3.05) is 6.54 Å². The van der Waals surface area contributed by atoms with Gasteiger partial charge in [-0.15, -0.1) is 0 Å². The zero-order valence-electron chi connectivity index (χ0n) is 6.94. The van der Waals surface area contributed by atoms with E-state index in [-0.39, 0.29) is 0 Å². The Morgan fingerprint density at radius 3 is 1.44 bits per heavy atom. The molecule has 0 unspecified atom stereocenters. The lowest BCUT2D eigenvalue weighted by atomic mass is 10.1. The first kappa shape index (κ1) is 11.7. The minimum absolute atomic E-state index is 0.326. The van der Waals surface area contributed by atoms with E-state index < -0.39 is 5.60 Å². The van der Waals surface area contributed by atoms with Crippen LogP contribution >= 0.6 is 0 Å². The lowest BCUT2D eigenvalue weighted by Gasteiger charge is -2.11. The van der Waals surface area contributed by atoms with E-state index in [1.165, 1.54) is 6.42 Å². The lowest BCUT2D eigenvalue weighted by Crippen LogP contribution is -2.29. The molecule has 0 fully saturated rings. The second-order valence-electron chi connectivity index (χ2n) is 2.72. The van der Waals surface area contributed by atoms with E-state index in [1.807, 2.05) is 0 Å². The molecule has 2 nitrogen and oxygen atoms in total. The van der Waals surface area contributed by atoms with Gasteiger partial charge in [0.1, 0.15) is 0 Å². The maximum atomic E-state index is 8.70. The van der Waals surface area contributed by atoms with Gasteiger partial charge in [-0.05, 0) is 13.8 Å². The smallest absolute Gasteiger partial charge is 0.0713 e. The van der Waals surface area contributed by atoms with Crippen LogP contribution in [-0.4, -0.2) is 17.3 Å². The Kier molecular flexibility index (Phi) is 7.85. The largest absolute Gasteiger partial charge is 0.389 e. The van der Waals surface area contributed by atoms with Crippen LogP contribution in [0.25, 0.3) is 0 Å². The van der Waals surface area contributed by atoms with Crippen molar-refractivity contribution < 1.29 is 5.11 Å². The molecule has 0 aliphatic rings. The van der Waals surface area contributed by atoms with Crippen LogP contribution in [0.4, 0.5) is 0 Å². The van der Waals surface area contributed by atoms with Crippen molar-refractivity contribution in [2.45, 2.75) is 39.7 Å². The first-order chi connectivity index (χ1) is 3.97. The molecule has 3 N–H and O–H groups in total. The summed E-state index contributed by atoms with van der Waals surface area (Å²) in [6, 6.07) is 0. The average Bonchev–Trinajstić information content (AvgIpc) is 1.67. The molecule has 0 rings (SSSR count). The molecule has 0 heterocycles. The van der Waals surface area contributed by atoms with E-state index in [4.69, 9.17) is 10.8 Å². The van der Waals surface area contributed by atoms with E-state index in [2.05, 4.69) is 13.8 Å². The SMILES string of the molecule is CC(C)(O)CN.CCC. The maximum absolute atomic E-state index is 8.70. The van der Waals surface area contributed by atoms with Gasteiger partial charge in [0, 0.05) is 6.54 Å². The van der Waals surface area contributed by atoms with Gasteiger partial charge in [-0.1, -0.05) is 20.3 Å². The van der Waals surface area contributed by atoms with E-state index in [0.29, 0.717) is 6.54 Å². The number of hydrogen-bond acceptors (Lipinski definition) is 2. The quantitative estimate of drug-likeness (QED) is 0.563. The molecule has 2 heteroatoms. The van der Waals surface area contributed by atoms with Crippen LogP contribution in [0.1, 0.15) is 34.1 Å². The third kappa shape index (κ3) is 32.6. The lowest BCUT2D eigenvalue weighted by molar-refractivity contribution is 0.0898. The average molecular weight is 133 g/mol. The first-order valence-corrected chi connectivity index (χ1v) is 3.40. The molecular weight excluding hydrogens is 114 g/mol. The highest BCUT2D eigenvalue weighted by atomic mass is 16.3. The molecule has 0 aliphatic carbocycles. The van der Waals surface area contributed by atoms with E-state index >= 15 is 0 Å². The molecule has 0 aromatic rings. The highest BCUT2D eigenvalue weighted by Crippen LogP contribution is 1.93. The predicted octanol–water partition coefficient (Wildman–Crippen LogP) is 1.13. The molecule has 0 spiro atoms. The summed E-state index contributed by atoms with van der Waals surface area (Å²) in [5, 5.41) is 8.70. The summed E-state index contributed by atoms with van der Waals surface area (Å²) in [5.74, 6) is 0. The standard InChI is InChI=1S/C4H11NO.C3H8/c1-4(2,6)3-5;1-3-2/h6H,3,5H2,1-2H3;3H2,1-2H3. The first-order valence-electron chi connectivity index (χ1n) is 3.40. The van der Waals surface area contributed by atoms with Crippen molar-refractivity contribution >= 4 is 0 Å². The molecule has 9 heavy (non-hydrogen) atoms. The zero-order chi connectivity index (χ0) is 7.91. The van der Waals surface area contributed by atoms with Crippen molar-refractivity contribution in [1.82, 2.24) is 0 Å². The van der Waals surface area contributed by atoms with Gasteiger partial charge in [0.25, 0.3) is 0 Å². The normalized spacial score (nSPS) is 10.0. The van der Waals surface area contributed by atoms with Crippen molar-refractivity contribution in [2.24, 2.45) is 5.73 Å².